The fourth-order valence-electron chi connectivity index (χ4n) is 2.83. The summed E-state index contributed by atoms with van der Waals surface area (Å²) in [5, 5.41) is 0. The lowest BCUT2D eigenvalue weighted by molar-refractivity contribution is -0.136. The second-order valence-electron chi connectivity index (χ2n) is 5.63. The van der Waals surface area contributed by atoms with E-state index in [4.69, 9.17) is 4.74 Å². The van der Waals surface area contributed by atoms with Crippen LogP contribution >= 0.6 is 0 Å². The van der Waals surface area contributed by atoms with Gasteiger partial charge in [0.25, 0.3) is 0 Å². The van der Waals surface area contributed by atoms with Gasteiger partial charge in [0, 0.05) is 5.57 Å². The maximum Gasteiger partial charge on any atom is 0.334 e. The number of benzene rings is 2. The van der Waals surface area contributed by atoms with Crippen molar-refractivity contribution in [3.05, 3.63) is 82.9 Å². The van der Waals surface area contributed by atoms with E-state index in [2.05, 4.69) is 36.4 Å². The van der Waals surface area contributed by atoms with Gasteiger partial charge in [-0.1, -0.05) is 60.7 Å². The van der Waals surface area contributed by atoms with Crippen LogP contribution in [0.4, 0.5) is 0 Å². The van der Waals surface area contributed by atoms with Gasteiger partial charge in [-0.3, -0.25) is 0 Å². The number of aryl methyl sites for hydroxylation is 2. The van der Waals surface area contributed by atoms with Crippen LogP contribution in [0, 0.1) is 0 Å². The van der Waals surface area contributed by atoms with Crippen molar-refractivity contribution in [1.82, 2.24) is 0 Å². The molecule has 0 bridgehead atoms. The minimum absolute atomic E-state index is 0.126. The normalized spacial score (nSPS) is 14.3. The molecule has 22 heavy (non-hydrogen) atoms. The maximum absolute atomic E-state index is 11.9. The van der Waals surface area contributed by atoms with Crippen molar-refractivity contribution >= 4 is 5.97 Å². The minimum atomic E-state index is -0.126. The minimum Gasteiger partial charge on any atom is -0.458 e. The first-order chi connectivity index (χ1) is 10.8. The van der Waals surface area contributed by atoms with Gasteiger partial charge in [-0.15, -0.1) is 0 Å². The number of hydrogen-bond donors (Lipinski definition) is 0. The Morgan fingerprint density at radius 1 is 0.727 bits per heavy atom. The Hall–Kier alpha value is -2.35. The van der Waals surface area contributed by atoms with Crippen molar-refractivity contribution in [3.8, 4) is 0 Å². The summed E-state index contributed by atoms with van der Waals surface area (Å²) in [5.74, 6) is -0.126. The summed E-state index contributed by atoms with van der Waals surface area (Å²) < 4.78 is 5.24. The molecule has 0 aliphatic carbocycles. The van der Waals surface area contributed by atoms with Gasteiger partial charge in [0.15, 0.2) is 0 Å². The molecule has 0 amide bonds. The van der Waals surface area contributed by atoms with E-state index < -0.39 is 0 Å². The van der Waals surface area contributed by atoms with Crippen LogP contribution in [0.1, 0.15) is 24.0 Å². The van der Waals surface area contributed by atoms with E-state index in [1.54, 1.807) is 0 Å². The lowest BCUT2D eigenvalue weighted by Crippen LogP contribution is -2.01. The van der Waals surface area contributed by atoms with E-state index in [-0.39, 0.29) is 5.97 Å². The fraction of sp³-hybridized carbons (Fsp3) is 0.250. The first-order valence-electron chi connectivity index (χ1n) is 7.79. The van der Waals surface area contributed by atoms with Crippen LogP contribution < -0.4 is 0 Å². The third kappa shape index (κ3) is 3.64. The second-order valence-corrected chi connectivity index (χ2v) is 5.63. The molecular weight excluding hydrogens is 272 g/mol. The average molecular weight is 292 g/mol. The molecule has 2 nitrogen and oxygen atoms in total. The van der Waals surface area contributed by atoms with Crippen LogP contribution in [0.3, 0.4) is 0 Å². The molecule has 2 aromatic rings. The molecule has 0 atom stereocenters. The van der Waals surface area contributed by atoms with Gasteiger partial charge in [0.1, 0.15) is 6.61 Å². The molecule has 112 valence electrons. The zero-order chi connectivity index (χ0) is 15.2. The van der Waals surface area contributed by atoms with E-state index >= 15 is 0 Å². The molecule has 0 spiro atoms. The van der Waals surface area contributed by atoms with Crippen LogP contribution in [-0.2, 0) is 22.4 Å². The molecule has 2 aromatic carbocycles. The third-order valence-corrected chi connectivity index (χ3v) is 4.12. The number of ether oxygens (including phenoxy) is 1. The topological polar surface area (TPSA) is 26.3 Å². The second kappa shape index (κ2) is 7.08. The van der Waals surface area contributed by atoms with E-state index in [1.807, 2.05) is 24.3 Å². The van der Waals surface area contributed by atoms with Crippen molar-refractivity contribution in [2.45, 2.75) is 25.7 Å². The molecule has 0 fully saturated rings. The summed E-state index contributed by atoms with van der Waals surface area (Å²) in [6.45, 7) is 0.468. The average Bonchev–Trinajstić information content (AvgIpc) is 2.93. The molecule has 2 heteroatoms. The lowest BCUT2D eigenvalue weighted by atomic mass is 9.97. The largest absolute Gasteiger partial charge is 0.458 e. The van der Waals surface area contributed by atoms with Crippen molar-refractivity contribution < 1.29 is 9.53 Å². The van der Waals surface area contributed by atoms with Crippen molar-refractivity contribution in [2.75, 3.05) is 6.61 Å². The molecule has 0 aromatic heterocycles. The Labute approximate surface area is 131 Å². The molecule has 0 N–H and O–H groups in total. The summed E-state index contributed by atoms with van der Waals surface area (Å²) in [6, 6.07) is 20.7. The van der Waals surface area contributed by atoms with Gasteiger partial charge in [0.05, 0.1) is 0 Å². The Bertz CT molecular complexity index is 657. The summed E-state index contributed by atoms with van der Waals surface area (Å²) in [5.41, 5.74) is 4.62. The molecule has 0 unspecified atom stereocenters. The monoisotopic (exact) mass is 292 g/mol. The van der Waals surface area contributed by atoms with Gasteiger partial charge in [-0.05, 0) is 42.4 Å². The fourth-order valence-corrected chi connectivity index (χ4v) is 2.83. The van der Waals surface area contributed by atoms with Crippen molar-refractivity contribution in [3.63, 3.8) is 0 Å². The first-order valence-corrected chi connectivity index (χ1v) is 7.79. The van der Waals surface area contributed by atoms with Crippen LogP contribution in [0.25, 0.3) is 0 Å². The molecule has 1 aliphatic heterocycles. The highest BCUT2D eigenvalue weighted by molar-refractivity contribution is 5.91. The Kier molecular flexibility index (Phi) is 4.69. The molecule has 0 saturated carbocycles. The maximum atomic E-state index is 11.9. The smallest absolute Gasteiger partial charge is 0.334 e. The van der Waals surface area contributed by atoms with Gasteiger partial charge >= 0.3 is 5.97 Å². The number of hydrogen-bond acceptors (Lipinski definition) is 2. The van der Waals surface area contributed by atoms with Crippen LogP contribution in [0.15, 0.2) is 71.8 Å². The summed E-state index contributed by atoms with van der Waals surface area (Å²) in [7, 11) is 0. The number of rotatable bonds is 6. The van der Waals surface area contributed by atoms with Gasteiger partial charge in [-0.25, -0.2) is 4.79 Å². The molecule has 0 saturated heterocycles. The summed E-state index contributed by atoms with van der Waals surface area (Å²) in [4.78, 5) is 11.9. The quantitative estimate of drug-likeness (QED) is 0.749. The molecular formula is C20H20O2. The zero-order valence-corrected chi connectivity index (χ0v) is 12.6. The highest BCUT2D eigenvalue weighted by Crippen LogP contribution is 2.24. The third-order valence-electron chi connectivity index (χ3n) is 4.12. The number of cyclic esters (lactones) is 1. The molecule has 1 heterocycles. The lowest BCUT2D eigenvalue weighted by Gasteiger charge is -2.05. The standard InChI is InChI=1S/C20H20O2/c21-20-19(14-12-17-9-5-2-6-10-17)18(15-22-20)13-11-16-7-3-1-4-8-16/h1-10H,11-15H2. The number of carbonyl (C=O) groups is 1. The van der Waals surface area contributed by atoms with Crippen molar-refractivity contribution in [1.29, 1.82) is 0 Å². The first kappa shape index (κ1) is 14.6. The van der Waals surface area contributed by atoms with E-state index in [0.29, 0.717) is 6.61 Å². The van der Waals surface area contributed by atoms with Crippen LogP contribution in [0.5, 0.6) is 0 Å². The Morgan fingerprint density at radius 2 is 1.27 bits per heavy atom. The van der Waals surface area contributed by atoms with E-state index in [0.717, 1.165) is 31.3 Å². The van der Waals surface area contributed by atoms with Crippen molar-refractivity contribution in [2.24, 2.45) is 0 Å². The van der Waals surface area contributed by atoms with Crippen LogP contribution in [-0.4, -0.2) is 12.6 Å². The predicted molar refractivity (Wildman–Crippen MR) is 87.5 cm³/mol. The highest BCUT2D eigenvalue weighted by Gasteiger charge is 2.23. The van der Waals surface area contributed by atoms with Gasteiger partial charge in [0.2, 0.25) is 0 Å². The summed E-state index contributed by atoms with van der Waals surface area (Å²) in [6.07, 6.45) is 3.52. The molecule has 1 aliphatic rings. The zero-order valence-electron chi connectivity index (χ0n) is 12.6. The van der Waals surface area contributed by atoms with Gasteiger partial charge < -0.3 is 4.74 Å². The summed E-state index contributed by atoms with van der Waals surface area (Å²) >= 11 is 0. The predicted octanol–water partition coefficient (Wildman–Crippen LogP) is 4.11. The van der Waals surface area contributed by atoms with E-state index in [9.17, 15) is 4.79 Å². The van der Waals surface area contributed by atoms with E-state index in [1.165, 1.54) is 16.7 Å². The Morgan fingerprint density at radius 3 is 1.86 bits per heavy atom. The SMILES string of the molecule is O=C1OCC(CCc2ccccc2)=C1CCc1ccccc1. The molecule has 0 radical (unpaired) electrons. The highest BCUT2D eigenvalue weighted by atomic mass is 16.5. The number of esters is 1. The number of carbonyl (C=O) groups excluding carboxylic acids is 1. The Balaban J connectivity index is 1.64. The van der Waals surface area contributed by atoms with Crippen LogP contribution in [0.2, 0.25) is 0 Å². The van der Waals surface area contributed by atoms with Gasteiger partial charge in [-0.2, -0.15) is 0 Å². The molecule has 3 rings (SSSR count).